The lowest BCUT2D eigenvalue weighted by Gasteiger charge is -2.37. The highest BCUT2D eigenvalue weighted by Crippen LogP contribution is 2.44. The van der Waals surface area contributed by atoms with E-state index in [2.05, 4.69) is 32.0 Å². The second-order valence-corrected chi connectivity index (χ2v) is 10.5. The van der Waals surface area contributed by atoms with Gasteiger partial charge in [-0.15, -0.1) is 0 Å². The van der Waals surface area contributed by atoms with Gasteiger partial charge in [0.15, 0.2) is 5.72 Å². The second kappa shape index (κ2) is 9.24. The van der Waals surface area contributed by atoms with E-state index >= 15 is 0 Å². The van der Waals surface area contributed by atoms with E-state index in [0.717, 1.165) is 34.8 Å². The molecule has 2 aliphatic carbocycles. The summed E-state index contributed by atoms with van der Waals surface area (Å²) >= 11 is 0. The zero-order valence-corrected chi connectivity index (χ0v) is 19.6. The summed E-state index contributed by atoms with van der Waals surface area (Å²) in [5, 5.41) is 0. The Bertz CT molecular complexity index is 857. The van der Waals surface area contributed by atoms with Gasteiger partial charge in [-0.05, 0) is 99.8 Å². The maximum Gasteiger partial charge on any atom is 0.183 e. The zero-order valence-electron chi connectivity index (χ0n) is 19.6. The van der Waals surface area contributed by atoms with Crippen molar-refractivity contribution in [3.05, 3.63) is 59.2 Å². The van der Waals surface area contributed by atoms with Crippen LogP contribution in [0.3, 0.4) is 0 Å². The van der Waals surface area contributed by atoms with Gasteiger partial charge in [-0.3, -0.25) is 5.73 Å². The number of rotatable bonds is 5. The van der Waals surface area contributed by atoms with Gasteiger partial charge in [-0.25, -0.2) is 0 Å². The van der Waals surface area contributed by atoms with Crippen molar-refractivity contribution in [3.8, 4) is 5.75 Å². The highest BCUT2D eigenvalue weighted by molar-refractivity contribution is 5.53. The first-order chi connectivity index (χ1) is 14.8. The lowest BCUT2D eigenvalue weighted by Crippen LogP contribution is -2.40. The number of hydrogen-bond donors (Lipinski definition) is 2. The van der Waals surface area contributed by atoms with E-state index in [-0.39, 0.29) is 0 Å². The fourth-order valence-corrected chi connectivity index (χ4v) is 5.87. The maximum absolute atomic E-state index is 6.55. The largest absolute Gasteiger partial charge is 0.469 e. The van der Waals surface area contributed by atoms with Crippen LogP contribution in [-0.4, -0.2) is 0 Å². The Labute approximate surface area is 188 Å². The van der Waals surface area contributed by atoms with Gasteiger partial charge >= 0.3 is 0 Å². The lowest BCUT2D eigenvalue weighted by atomic mass is 9.68. The van der Waals surface area contributed by atoms with Gasteiger partial charge in [0.2, 0.25) is 0 Å². The summed E-state index contributed by atoms with van der Waals surface area (Å²) in [6, 6.07) is 14.4. The van der Waals surface area contributed by atoms with Gasteiger partial charge in [0, 0.05) is 11.3 Å². The summed E-state index contributed by atoms with van der Waals surface area (Å²) < 4.78 is 6.10. The normalized spacial score (nSPS) is 28.6. The van der Waals surface area contributed by atoms with Crippen LogP contribution in [0.1, 0.15) is 87.8 Å². The lowest BCUT2D eigenvalue weighted by molar-refractivity contribution is 0.0954. The van der Waals surface area contributed by atoms with Crippen molar-refractivity contribution >= 4 is 5.69 Å². The van der Waals surface area contributed by atoms with E-state index in [1.165, 1.54) is 62.5 Å². The molecule has 2 fully saturated rings. The van der Waals surface area contributed by atoms with Crippen LogP contribution in [0, 0.1) is 24.7 Å². The van der Waals surface area contributed by atoms with Gasteiger partial charge in [0.25, 0.3) is 0 Å². The third kappa shape index (κ3) is 5.26. The molecule has 0 amide bonds. The van der Waals surface area contributed by atoms with Gasteiger partial charge in [-0.1, -0.05) is 49.6 Å². The topological polar surface area (TPSA) is 61.3 Å². The minimum atomic E-state index is -0.965. The van der Waals surface area contributed by atoms with Crippen LogP contribution in [0.15, 0.2) is 42.5 Å². The molecular formula is C28H40N2O. The number of anilines is 1. The molecule has 0 saturated heterocycles. The van der Waals surface area contributed by atoms with Gasteiger partial charge in [0.1, 0.15) is 5.75 Å². The smallest absolute Gasteiger partial charge is 0.183 e. The third-order valence-electron chi connectivity index (χ3n) is 7.93. The molecule has 0 bridgehead atoms. The van der Waals surface area contributed by atoms with E-state index in [4.69, 9.17) is 16.2 Å². The summed E-state index contributed by atoms with van der Waals surface area (Å²) in [4.78, 5) is 0. The highest BCUT2D eigenvalue weighted by Gasteiger charge is 2.31. The number of nitrogens with two attached hydrogens (primary N) is 2. The Hall–Kier alpha value is -2.00. The van der Waals surface area contributed by atoms with Crippen molar-refractivity contribution in [2.24, 2.45) is 23.5 Å². The molecule has 2 aromatic rings. The molecule has 31 heavy (non-hydrogen) atoms. The van der Waals surface area contributed by atoms with Crippen LogP contribution in [0.5, 0.6) is 5.75 Å². The molecule has 2 saturated carbocycles. The average Bonchev–Trinajstić information content (AvgIpc) is 2.76. The van der Waals surface area contributed by atoms with Gasteiger partial charge in [0.05, 0.1) is 0 Å². The molecule has 1 atom stereocenters. The van der Waals surface area contributed by atoms with Crippen molar-refractivity contribution in [2.45, 2.75) is 83.8 Å². The molecule has 2 aliphatic rings. The third-order valence-corrected chi connectivity index (χ3v) is 7.93. The Morgan fingerprint density at radius 2 is 1.42 bits per heavy atom. The first-order valence-electron chi connectivity index (χ1n) is 12.3. The SMILES string of the molecule is Cc1ccc(OC(C)(N)c2ccc(C3CCC(C4CCC(C)CC4)CC3)cc2N)cc1. The first-order valence-corrected chi connectivity index (χ1v) is 12.3. The van der Waals surface area contributed by atoms with Crippen molar-refractivity contribution in [3.63, 3.8) is 0 Å². The van der Waals surface area contributed by atoms with Crippen LogP contribution in [0.2, 0.25) is 0 Å². The Morgan fingerprint density at radius 3 is 2.00 bits per heavy atom. The van der Waals surface area contributed by atoms with E-state index in [0.29, 0.717) is 5.92 Å². The summed E-state index contributed by atoms with van der Waals surface area (Å²) in [7, 11) is 0. The van der Waals surface area contributed by atoms with Crippen molar-refractivity contribution in [1.82, 2.24) is 0 Å². The maximum atomic E-state index is 6.55. The Balaban J connectivity index is 1.39. The molecule has 3 heteroatoms. The molecule has 2 aromatic carbocycles. The molecule has 4 N–H and O–H groups in total. The van der Waals surface area contributed by atoms with Crippen molar-refractivity contribution in [2.75, 3.05) is 5.73 Å². The number of aryl methyl sites for hydroxylation is 1. The minimum absolute atomic E-state index is 0.622. The zero-order chi connectivity index (χ0) is 22.0. The monoisotopic (exact) mass is 420 g/mol. The quantitative estimate of drug-likeness (QED) is 0.409. The van der Waals surface area contributed by atoms with Crippen LogP contribution in [0.25, 0.3) is 0 Å². The van der Waals surface area contributed by atoms with E-state index < -0.39 is 5.72 Å². The van der Waals surface area contributed by atoms with E-state index in [1.54, 1.807) is 0 Å². The molecule has 0 heterocycles. The average molecular weight is 421 g/mol. The molecule has 0 radical (unpaired) electrons. The van der Waals surface area contributed by atoms with Crippen LogP contribution >= 0.6 is 0 Å². The molecule has 1 unspecified atom stereocenters. The summed E-state index contributed by atoms with van der Waals surface area (Å²) in [5.74, 6) is 4.24. The Kier molecular flexibility index (Phi) is 6.62. The minimum Gasteiger partial charge on any atom is -0.469 e. The molecule has 0 aliphatic heterocycles. The van der Waals surface area contributed by atoms with Crippen molar-refractivity contribution in [1.29, 1.82) is 0 Å². The molecule has 0 spiro atoms. The predicted octanol–water partition coefficient (Wildman–Crippen LogP) is 6.89. The number of ether oxygens (including phenoxy) is 1. The van der Waals surface area contributed by atoms with Crippen LogP contribution in [0.4, 0.5) is 5.69 Å². The standard InChI is InChI=1S/C28H40N2O/c1-19-4-8-21(9-5-19)22-10-12-23(13-11-22)24-14-17-26(27(29)18-24)28(3,30)31-25-15-6-20(2)7-16-25/h6-7,14-19,21-23H,4-5,8-13,29-30H2,1-3H3. The van der Waals surface area contributed by atoms with Crippen LogP contribution in [-0.2, 0) is 5.72 Å². The summed E-state index contributed by atoms with van der Waals surface area (Å²) in [6.45, 7) is 6.36. The number of benzene rings is 2. The predicted molar refractivity (Wildman–Crippen MR) is 130 cm³/mol. The number of hydrogen-bond acceptors (Lipinski definition) is 3. The molecular weight excluding hydrogens is 380 g/mol. The highest BCUT2D eigenvalue weighted by atomic mass is 16.5. The fraction of sp³-hybridized carbons (Fsp3) is 0.571. The van der Waals surface area contributed by atoms with Crippen LogP contribution < -0.4 is 16.2 Å². The summed E-state index contributed by atoms with van der Waals surface area (Å²) in [5.41, 5.74) is 16.2. The molecule has 0 aromatic heterocycles. The van der Waals surface area contributed by atoms with E-state index in [1.807, 2.05) is 31.2 Å². The van der Waals surface area contributed by atoms with Gasteiger partial charge in [-0.2, -0.15) is 0 Å². The van der Waals surface area contributed by atoms with Crippen molar-refractivity contribution < 1.29 is 4.74 Å². The van der Waals surface area contributed by atoms with Gasteiger partial charge < -0.3 is 10.5 Å². The molecule has 3 nitrogen and oxygen atoms in total. The number of nitrogen functional groups attached to an aromatic ring is 1. The summed E-state index contributed by atoms with van der Waals surface area (Å²) in [6.07, 6.45) is 11.1. The van der Waals surface area contributed by atoms with E-state index in [9.17, 15) is 0 Å². The molecule has 168 valence electrons. The fourth-order valence-electron chi connectivity index (χ4n) is 5.87. The first kappa shape index (κ1) is 22.2. The Morgan fingerprint density at radius 1 is 0.839 bits per heavy atom. The second-order valence-electron chi connectivity index (χ2n) is 10.5. The molecule has 4 rings (SSSR count).